The quantitative estimate of drug-likeness (QED) is 0.454. The molecule has 0 bridgehead atoms. The van der Waals surface area contributed by atoms with Crippen molar-refractivity contribution in [3.8, 4) is 5.75 Å². The number of hydrogen-bond acceptors (Lipinski definition) is 3. The van der Waals surface area contributed by atoms with Crippen molar-refractivity contribution in [3.63, 3.8) is 0 Å². The molecule has 2 rings (SSSR count). The number of benzene rings is 1. The molecule has 0 radical (unpaired) electrons. The maximum absolute atomic E-state index is 12.0. The van der Waals surface area contributed by atoms with Crippen LogP contribution in [-0.4, -0.2) is 30.5 Å². The summed E-state index contributed by atoms with van der Waals surface area (Å²) in [5.74, 6) is 1.05. The van der Waals surface area contributed by atoms with Gasteiger partial charge in [-0.3, -0.25) is 4.79 Å². The summed E-state index contributed by atoms with van der Waals surface area (Å²) < 4.78 is 5.57. The molecule has 0 saturated carbocycles. The Morgan fingerprint density at radius 2 is 2.30 bits per heavy atom. The van der Waals surface area contributed by atoms with E-state index in [0.717, 1.165) is 11.3 Å². The molecule has 6 nitrogen and oxygen atoms in total. The maximum atomic E-state index is 12.0. The lowest BCUT2D eigenvalue weighted by Gasteiger charge is -2.18. The summed E-state index contributed by atoms with van der Waals surface area (Å²) in [6.45, 7) is 4.10. The molecule has 106 valence electrons. The van der Waals surface area contributed by atoms with E-state index in [1.54, 1.807) is 4.90 Å². The van der Waals surface area contributed by atoms with Gasteiger partial charge in [-0.1, -0.05) is 23.3 Å². The third-order valence-electron chi connectivity index (χ3n) is 3.33. The number of rotatable bonds is 6. The Morgan fingerprint density at radius 3 is 3.05 bits per heavy atom. The minimum atomic E-state index is 0.106. The smallest absolute Gasteiger partial charge is 0.223 e. The molecule has 1 atom stereocenters. The van der Waals surface area contributed by atoms with Crippen LogP contribution < -0.4 is 4.74 Å². The zero-order chi connectivity index (χ0) is 14.4. The molecule has 1 aromatic rings. The molecule has 1 aliphatic rings. The van der Waals surface area contributed by atoms with Crippen LogP contribution in [0.25, 0.3) is 10.4 Å². The van der Waals surface area contributed by atoms with Crippen molar-refractivity contribution in [3.05, 3.63) is 40.3 Å². The van der Waals surface area contributed by atoms with Gasteiger partial charge < -0.3 is 9.64 Å². The van der Waals surface area contributed by atoms with Gasteiger partial charge in [0.1, 0.15) is 5.75 Å². The van der Waals surface area contributed by atoms with E-state index in [1.165, 1.54) is 0 Å². The Morgan fingerprint density at radius 1 is 1.50 bits per heavy atom. The van der Waals surface area contributed by atoms with E-state index in [4.69, 9.17) is 10.3 Å². The van der Waals surface area contributed by atoms with Crippen molar-refractivity contribution < 1.29 is 9.53 Å². The van der Waals surface area contributed by atoms with E-state index in [-0.39, 0.29) is 11.8 Å². The van der Waals surface area contributed by atoms with Crippen molar-refractivity contribution >= 4 is 5.91 Å². The van der Waals surface area contributed by atoms with Crippen LogP contribution in [0.1, 0.15) is 18.9 Å². The van der Waals surface area contributed by atoms with Gasteiger partial charge in [-0.25, -0.2) is 0 Å². The summed E-state index contributed by atoms with van der Waals surface area (Å²) in [7, 11) is 0. The van der Waals surface area contributed by atoms with Crippen LogP contribution in [0.5, 0.6) is 5.75 Å². The minimum absolute atomic E-state index is 0.106. The first-order chi connectivity index (χ1) is 9.74. The molecule has 1 unspecified atom stereocenters. The first-order valence-electron chi connectivity index (χ1n) is 6.74. The summed E-state index contributed by atoms with van der Waals surface area (Å²) in [6, 6.07) is 7.75. The molecule has 0 aliphatic carbocycles. The third-order valence-corrected chi connectivity index (χ3v) is 3.33. The standard InChI is InChI=1S/C14H18N4O2/c1-2-20-13-6-4-3-5-12(13)10-18-9-11(7-14(18)19)8-16-17-15/h3-6,11H,2,7-10H2,1H3. The number of likely N-dealkylation sites (tertiary alicyclic amines) is 1. The van der Waals surface area contributed by atoms with Crippen molar-refractivity contribution in [2.24, 2.45) is 11.0 Å². The largest absolute Gasteiger partial charge is 0.494 e. The number of carbonyl (C=O) groups excluding carboxylic acids is 1. The first-order valence-corrected chi connectivity index (χ1v) is 6.74. The molecule has 0 N–H and O–H groups in total. The summed E-state index contributed by atoms with van der Waals surface area (Å²) in [4.78, 5) is 16.5. The molecule has 0 spiro atoms. The predicted molar refractivity (Wildman–Crippen MR) is 75.1 cm³/mol. The lowest BCUT2D eigenvalue weighted by molar-refractivity contribution is -0.128. The Labute approximate surface area is 118 Å². The third kappa shape index (κ3) is 3.42. The lowest BCUT2D eigenvalue weighted by Crippen LogP contribution is -2.25. The molecule has 1 saturated heterocycles. The summed E-state index contributed by atoms with van der Waals surface area (Å²) >= 11 is 0. The summed E-state index contributed by atoms with van der Waals surface area (Å²) in [5.41, 5.74) is 9.34. The highest BCUT2D eigenvalue weighted by atomic mass is 16.5. The zero-order valence-electron chi connectivity index (χ0n) is 11.5. The number of ether oxygens (including phenoxy) is 1. The molecule has 6 heteroatoms. The number of para-hydroxylation sites is 1. The predicted octanol–water partition coefficient (Wildman–Crippen LogP) is 2.74. The second-order valence-electron chi connectivity index (χ2n) is 4.80. The fourth-order valence-corrected chi connectivity index (χ4v) is 2.42. The first kappa shape index (κ1) is 14.2. The molecular formula is C14H18N4O2. The van der Waals surface area contributed by atoms with E-state index in [1.807, 2.05) is 31.2 Å². The average Bonchev–Trinajstić information content (AvgIpc) is 2.79. The summed E-state index contributed by atoms with van der Waals surface area (Å²) in [5, 5.41) is 3.55. The van der Waals surface area contributed by atoms with E-state index < -0.39 is 0 Å². The minimum Gasteiger partial charge on any atom is -0.494 e. The van der Waals surface area contributed by atoms with Crippen LogP contribution in [-0.2, 0) is 11.3 Å². The Kier molecular flexibility index (Phi) is 4.85. The SMILES string of the molecule is CCOc1ccccc1CN1CC(CN=[N+]=[N-])CC1=O. The van der Waals surface area contributed by atoms with Gasteiger partial charge in [-0.15, -0.1) is 0 Å². The van der Waals surface area contributed by atoms with Crippen LogP contribution >= 0.6 is 0 Å². The van der Waals surface area contributed by atoms with Crippen LogP contribution in [0.4, 0.5) is 0 Å². The van der Waals surface area contributed by atoms with Gasteiger partial charge in [-0.05, 0) is 24.4 Å². The normalized spacial score (nSPS) is 17.9. The van der Waals surface area contributed by atoms with Crippen LogP contribution in [0.3, 0.4) is 0 Å². The van der Waals surface area contributed by atoms with Crippen molar-refractivity contribution in [2.75, 3.05) is 19.7 Å². The van der Waals surface area contributed by atoms with Gasteiger partial charge in [0.05, 0.1) is 6.61 Å². The zero-order valence-corrected chi connectivity index (χ0v) is 11.5. The van der Waals surface area contributed by atoms with Gasteiger partial charge in [0.25, 0.3) is 0 Å². The van der Waals surface area contributed by atoms with Gasteiger partial charge in [0, 0.05) is 36.5 Å². The molecule has 1 aliphatic heterocycles. The van der Waals surface area contributed by atoms with Gasteiger partial charge in [0.15, 0.2) is 0 Å². The van der Waals surface area contributed by atoms with Gasteiger partial charge >= 0.3 is 0 Å². The molecular weight excluding hydrogens is 256 g/mol. The van der Waals surface area contributed by atoms with Crippen molar-refractivity contribution in [1.82, 2.24) is 4.90 Å². The van der Waals surface area contributed by atoms with Crippen LogP contribution in [0, 0.1) is 5.92 Å². The van der Waals surface area contributed by atoms with Gasteiger partial charge in [-0.2, -0.15) is 0 Å². The van der Waals surface area contributed by atoms with E-state index in [2.05, 4.69) is 10.0 Å². The Hall–Kier alpha value is -2.20. The lowest BCUT2D eigenvalue weighted by atomic mass is 10.1. The molecule has 20 heavy (non-hydrogen) atoms. The van der Waals surface area contributed by atoms with E-state index >= 15 is 0 Å². The highest BCUT2D eigenvalue weighted by Crippen LogP contribution is 2.25. The topological polar surface area (TPSA) is 78.3 Å². The molecule has 1 aromatic carbocycles. The second-order valence-corrected chi connectivity index (χ2v) is 4.80. The number of azide groups is 1. The molecule has 1 heterocycles. The fraction of sp³-hybridized carbons (Fsp3) is 0.500. The highest BCUT2D eigenvalue weighted by Gasteiger charge is 2.29. The molecule has 1 amide bonds. The Bertz CT molecular complexity index is 526. The van der Waals surface area contributed by atoms with Crippen molar-refractivity contribution in [2.45, 2.75) is 19.9 Å². The van der Waals surface area contributed by atoms with E-state index in [0.29, 0.717) is 32.7 Å². The fourth-order valence-electron chi connectivity index (χ4n) is 2.42. The van der Waals surface area contributed by atoms with Crippen molar-refractivity contribution in [1.29, 1.82) is 0 Å². The maximum Gasteiger partial charge on any atom is 0.223 e. The summed E-state index contributed by atoms with van der Waals surface area (Å²) in [6.07, 6.45) is 0.454. The van der Waals surface area contributed by atoms with Gasteiger partial charge in [0.2, 0.25) is 5.91 Å². The Balaban J connectivity index is 2.03. The molecule has 1 fully saturated rings. The highest BCUT2D eigenvalue weighted by molar-refractivity contribution is 5.78. The number of nitrogens with zero attached hydrogens (tertiary/aromatic N) is 4. The monoisotopic (exact) mass is 274 g/mol. The second kappa shape index (κ2) is 6.82. The number of carbonyl (C=O) groups is 1. The average molecular weight is 274 g/mol. The number of hydrogen-bond donors (Lipinski definition) is 0. The number of amides is 1. The van der Waals surface area contributed by atoms with Crippen LogP contribution in [0.2, 0.25) is 0 Å². The molecule has 0 aromatic heterocycles. The van der Waals surface area contributed by atoms with Crippen LogP contribution in [0.15, 0.2) is 29.4 Å². The van der Waals surface area contributed by atoms with E-state index in [9.17, 15) is 4.79 Å².